The van der Waals surface area contributed by atoms with E-state index in [1.807, 2.05) is 0 Å². The first-order valence-corrected chi connectivity index (χ1v) is 9.47. The van der Waals surface area contributed by atoms with Crippen LogP contribution < -0.4 is 10.7 Å². The summed E-state index contributed by atoms with van der Waals surface area (Å²) < 4.78 is 30.1. The minimum atomic E-state index is -3.71. The molecular weight excluding hydrogens is 400 g/mol. The third-order valence-corrected chi connectivity index (χ3v) is 5.61. The summed E-state index contributed by atoms with van der Waals surface area (Å²) in [7, 11) is -0.963. The fourth-order valence-electron chi connectivity index (χ4n) is 1.99. The van der Waals surface area contributed by atoms with Gasteiger partial charge in [0, 0.05) is 26.9 Å². The van der Waals surface area contributed by atoms with Gasteiger partial charge in [0.2, 0.25) is 15.9 Å². The van der Waals surface area contributed by atoms with Crippen molar-refractivity contribution < 1.29 is 27.5 Å². The molecule has 0 saturated carbocycles. The number of amides is 2. The number of ether oxygens (including phenoxy) is 1. The second kappa shape index (κ2) is 8.46. The lowest BCUT2D eigenvalue weighted by atomic mass is 10.2. The van der Waals surface area contributed by atoms with Crippen molar-refractivity contribution in [3.8, 4) is 0 Å². The summed E-state index contributed by atoms with van der Waals surface area (Å²) in [5.41, 5.74) is 2.20. The summed E-state index contributed by atoms with van der Waals surface area (Å²) in [6, 6.07) is 3.85. The van der Waals surface area contributed by atoms with Gasteiger partial charge in [0.1, 0.15) is 5.71 Å². The van der Waals surface area contributed by atoms with Gasteiger partial charge in [0.25, 0.3) is 5.91 Å². The Balaban J connectivity index is 2.01. The van der Waals surface area contributed by atoms with Crippen LogP contribution in [0.4, 0.5) is 5.69 Å². The van der Waals surface area contributed by atoms with Crippen molar-refractivity contribution >= 4 is 50.8 Å². The van der Waals surface area contributed by atoms with Crippen LogP contribution in [0.5, 0.6) is 0 Å². The van der Waals surface area contributed by atoms with Crippen molar-refractivity contribution in [3.63, 3.8) is 0 Å². The first-order chi connectivity index (χ1) is 12.6. The van der Waals surface area contributed by atoms with Crippen molar-refractivity contribution in [3.05, 3.63) is 23.2 Å². The molecule has 0 fully saturated rings. The molecule has 0 atom stereocenters. The van der Waals surface area contributed by atoms with Crippen LogP contribution in [0.25, 0.3) is 0 Å². The van der Waals surface area contributed by atoms with Crippen molar-refractivity contribution in [2.24, 2.45) is 5.10 Å². The quantitative estimate of drug-likeness (QED) is 0.642. The molecule has 12 heteroatoms. The Labute approximate surface area is 160 Å². The molecule has 1 aromatic rings. The van der Waals surface area contributed by atoms with E-state index in [0.29, 0.717) is 0 Å². The van der Waals surface area contributed by atoms with Gasteiger partial charge in [-0.05, 0) is 18.2 Å². The Morgan fingerprint density at radius 1 is 1.33 bits per heavy atom. The number of nitrogens with one attached hydrogen (secondary N) is 2. The van der Waals surface area contributed by atoms with Crippen LogP contribution in [0.1, 0.15) is 12.8 Å². The highest BCUT2D eigenvalue weighted by molar-refractivity contribution is 7.89. The number of sulfonamides is 1. The summed E-state index contributed by atoms with van der Waals surface area (Å²) in [4.78, 5) is 34.7. The standard InChI is InChI=1S/C15H17ClN4O6S/c1-20(2)27(24,25)9-3-4-10(16)12(7-9)17-14(22)8-26-15(23)11-5-6-13(21)19-18-11/h3-4,7H,5-6,8H2,1-2H3,(H,17,22)(H,19,21). The first kappa shape index (κ1) is 20.8. The molecule has 0 spiro atoms. The normalized spacial score (nSPS) is 14.4. The van der Waals surface area contributed by atoms with E-state index >= 15 is 0 Å². The van der Waals surface area contributed by atoms with Gasteiger partial charge in [-0.25, -0.2) is 22.9 Å². The minimum absolute atomic E-state index is 0.000457. The molecule has 2 rings (SSSR count). The number of halogens is 1. The number of hydrazone groups is 1. The Morgan fingerprint density at radius 2 is 2.04 bits per heavy atom. The van der Waals surface area contributed by atoms with E-state index in [1.54, 1.807) is 0 Å². The number of carbonyl (C=O) groups excluding carboxylic acids is 3. The van der Waals surface area contributed by atoms with Crippen molar-refractivity contribution in [1.29, 1.82) is 0 Å². The summed E-state index contributed by atoms with van der Waals surface area (Å²) in [6.45, 7) is -0.632. The number of rotatable bonds is 6. The number of hydrogen-bond donors (Lipinski definition) is 2. The van der Waals surface area contributed by atoms with Gasteiger partial charge in [-0.2, -0.15) is 5.10 Å². The molecule has 2 amide bonds. The van der Waals surface area contributed by atoms with Crippen LogP contribution in [0.2, 0.25) is 5.02 Å². The molecular formula is C15H17ClN4O6S. The molecule has 1 aliphatic rings. The zero-order valence-corrected chi connectivity index (χ0v) is 16.1. The van der Waals surface area contributed by atoms with Crippen LogP contribution in [-0.4, -0.2) is 56.9 Å². The van der Waals surface area contributed by atoms with Crippen LogP contribution >= 0.6 is 11.6 Å². The molecule has 0 unspecified atom stereocenters. The molecule has 0 bridgehead atoms. The third-order valence-electron chi connectivity index (χ3n) is 3.46. The van der Waals surface area contributed by atoms with Gasteiger partial charge in [0.05, 0.1) is 15.6 Å². The fraction of sp³-hybridized carbons (Fsp3) is 0.333. The molecule has 0 aliphatic carbocycles. The van der Waals surface area contributed by atoms with E-state index in [9.17, 15) is 22.8 Å². The molecule has 1 aromatic carbocycles. The maximum atomic E-state index is 12.2. The van der Waals surface area contributed by atoms with E-state index in [-0.39, 0.29) is 40.1 Å². The number of nitrogens with zero attached hydrogens (tertiary/aromatic N) is 2. The molecule has 1 heterocycles. The van der Waals surface area contributed by atoms with E-state index < -0.39 is 28.5 Å². The maximum absolute atomic E-state index is 12.2. The first-order valence-electron chi connectivity index (χ1n) is 7.65. The Bertz CT molecular complexity index is 913. The lowest BCUT2D eigenvalue weighted by Crippen LogP contribution is -2.32. The van der Waals surface area contributed by atoms with Crippen LogP contribution in [0, 0.1) is 0 Å². The fourth-order valence-corrected chi connectivity index (χ4v) is 3.09. The number of hydrogen-bond acceptors (Lipinski definition) is 7. The largest absolute Gasteiger partial charge is 0.451 e. The average Bonchev–Trinajstić information content (AvgIpc) is 2.61. The maximum Gasteiger partial charge on any atom is 0.355 e. The van der Waals surface area contributed by atoms with Crippen molar-refractivity contribution in [2.75, 3.05) is 26.0 Å². The van der Waals surface area contributed by atoms with Crippen LogP contribution in [0.3, 0.4) is 0 Å². The van der Waals surface area contributed by atoms with Gasteiger partial charge in [-0.3, -0.25) is 9.59 Å². The Morgan fingerprint density at radius 3 is 2.63 bits per heavy atom. The van der Waals surface area contributed by atoms with Gasteiger partial charge in [0.15, 0.2) is 6.61 Å². The Hall–Kier alpha value is -2.50. The highest BCUT2D eigenvalue weighted by Gasteiger charge is 2.22. The van der Waals surface area contributed by atoms with E-state index in [0.717, 1.165) is 4.31 Å². The van der Waals surface area contributed by atoms with Crippen molar-refractivity contribution in [1.82, 2.24) is 9.73 Å². The molecule has 0 saturated heterocycles. The van der Waals surface area contributed by atoms with E-state index in [2.05, 4.69) is 15.8 Å². The minimum Gasteiger partial charge on any atom is -0.451 e. The molecule has 0 radical (unpaired) electrons. The zero-order valence-electron chi connectivity index (χ0n) is 14.5. The molecule has 10 nitrogen and oxygen atoms in total. The lowest BCUT2D eigenvalue weighted by molar-refractivity contribution is -0.140. The third kappa shape index (κ3) is 5.25. The predicted octanol–water partition coefficient (Wildman–Crippen LogP) is 0.338. The molecule has 0 aromatic heterocycles. The molecule has 146 valence electrons. The van der Waals surface area contributed by atoms with Crippen LogP contribution in [0.15, 0.2) is 28.2 Å². The summed E-state index contributed by atoms with van der Waals surface area (Å²) in [5.74, 6) is -1.86. The van der Waals surface area contributed by atoms with Gasteiger partial charge in [-0.15, -0.1) is 0 Å². The topological polar surface area (TPSA) is 134 Å². The smallest absolute Gasteiger partial charge is 0.355 e. The SMILES string of the molecule is CN(C)S(=O)(=O)c1ccc(Cl)c(NC(=O)COC(=O)C2=NNC(=O)CC2)c1. The zero-order chi connectivity index (χ0) is 20.2. The van der Waals surface area contributed by atoms with Crippen LogP contribution in [-0.2, 0) is 29.1 Å². The summed E-state index contributed by atoms with van der Waals surface area (Å²) >= 11 is 5.98. The predicted molar refractivity (Wildman–Crippen MR) is 96.7 cm³/mol. The number of anilines is 1. The Kier molecular flexibility index (Phi) is 6.52. The van der Waals surface area contributed by atoms with Crippen molar-refractivity contribution in [2.45, 2.75) is 17.7 Å². The average molecular weight is 417 g/mol. The molecule has 2 N–H and O–H groups in total. The highest BCUT2D eigenvalue weighted by atomic mass is 35.5. The summed E-state index contributed by atoms with van der Waals surface area (Å²) in [6.07, 6.45) is 0.214. The van der Waals surface area contributed by atoms with Gasteiger partial charge >= 0.3 is 5.97 Å². The van der Waals surface area contributed by atoms with Gasteiger partial charge in [-0.1, -0.05) is 11.6 Å². The number of esters is 1. The van der Waals surface area contributed by atoms with Gasteiger partial charge < -0.3 is 10.1 Å². The molecule has 27 heavy (non-hydrogen) atoms. The molecule has 1 aliphatic heterocycles. The highest BCUT2D eigenvalue weighted by Crippen LogP contribution is 2.26. The monoisotopic (exact) mass is 416 g/mol. The number of carbonyl (C=O) groups is 3. The lowest BCUT2D eigenvalue weighted by Gasteiger charge is -2.14. The second-order valence-corrected chi connectivity index (χ2v) is 8.21. The second-order valence-electron chi connectivity index (χ2n) is 5.65. The number of benzene rings is 1. The van der Waals surface area contributed by atoms with E-state index in [4.69, 9.17) is 16.3 Å². The summed E-state index contributed by atoms with van der Waals surface area (Å²) in [5, 5.41) is 6.06. The van der Waals surface area contributed by atoms with E-state index in [1.165, 1.54) is 32.3 Å².